The highest BCUT2D eigenvalue weighted by atomic mass is 19.3. The molecule has 1 atom stereocenters. The lowest BCUT2D eigenvalue weighted by Crippen LogP contribution is -2.21. The fourth-order valence-electron chi connectivity index (χ4n) is 5.16. The summed E-state index contributed by atoms with van der Waals surface area (Å²) < 4.78 is 33.2. The van der Waals surface area contributed by atoms with E-state index in [4.69, 9.17) is 9.84 Å². The summed E-state index contributed by atoms with van der Waals surface area (Å²) in [6, 6.07) is 15.7. The van der Waals surface area contributed by atoms with Gasteiger partial charge in [0.2, 0.25) is 0 Å². The van der Waals surface area contributed by atoms with Crippen molar-refractivity contribution in [2.45, 2.75) is 33.3 Å². The quantitative estimate of drug-likeness (QED) is 0.420. The Labute approximate surface area is 205 Å². The molecule has 0 saturated heterocycles. The Balaban J connectivity index is 1.64. The highest BCUT2D eigenvalue weighted by molar-refractivity contribution is 6.24. The molecule has 0 radical (unpaired) electrons. The van der Waals surface area contributed by atoms with E-state index in [2.05, 4.69) is 15.3 Å². The molecule has 6 rings (SSSR count). The van der Waals surface area contributed by atoms with Gasteiger partial charge in [-0.1, -0.05) is 42.5 Å². The maximum atomic E-state index is 13.7. The van der Waals surface area contributed by atoms with Gasteiger partial charge in [0, 0.05) is 45.1 Å². The molecule has 1 N–H and O–H groups in total. The molecule has 2 aromatic heterocycles. The first-order valence-corrected chi connectivity index (χ1v) is 11.4. The number of fused-ring (bicyclic) bond motifs is 3. The first-order valence-electron chi connectivity index (χ1n) is 11.4. The van der Waals surface area contributed by atoms with E-state index >= 15 is 0 Å². The Hall–Kier alpha value is -4.40. The number of carbonyl (C=O) groups is 1. The van der Waals surface area contributed by atoms with Crippen LogP contribution in [0.3, 0.4) is 0 Å². The van der Waals surface area contributed by atoms with Gasteiger partial charge in [0.15, 0.2) is 5.78 Å². The zero-order valence-electron chi connectivity index (χ0n) is 19.7. The molecule has 0 saturated carbocycles. The van der Waals surface area contributed by atoms with Crippen LogP contribution >= 0.6 is 0 Å². The number of hydrogen-bond donors (Lipinski definition) is 1. The molecule has 36 heavy (non-hydrogen) atoms. The molecular formula is C27H21F2N5O2. The van der Waals surface area contributed by atoms with Crippen molar-refractivity contribution >= 4 is 17.3 Å². The van der Waals surface area contributed by atoms with Gasteiger partial charge in [0.25, 0.3) is 5.95 Å². The Morgan fingerprint density at radius 2 is 1.64 bits per heavy atom. The number of ether oxygens (including phenoxy) is 1. The van der Waals surface area contributed by atoms with Gasteiger partial charge in [0.1, 0.15) is 11.6 Å². The average molecular weight is 485 g/mol. The molecule has 1 unspecified atom stereocenters. The van der Waals surface area contributed by atoms with Crippen molar-refractivity contribution < 1.29 is 18.3 Å². The lowest BCUT2D eigenvalue weighted by Gasteiger charge is -2.28. The van der Waals surface area contributed by atoms with Gasteiger partial charge in [-0.25, -0.2) is 9.97 Å². The zero-order chi connectivity index (χ0) is 25.1. The molecule has 7 nitrogen and oxygen atoms in total. The summed E-state index contributed by atoms with van der Waals surface area (Å²) >= 11 is 0. The average Bonchev–Trinajstić information content (AvgIpc) is 3.32. The maximum Gasteiger partial charge on any atom is 0.387 e. The summed E-state index contributed by atoms with van der Waals surface area (Å²) in [5.74, 6) is 0.117. The summed E-state index contributed by atoms with van der Waals surface area (Å²) in [6.45, 7) is 2.56. The van der Waals surface area contributed by atoms with Crippen molar-refractivity contribution in [2.24, 2.45) is 0 Å². The first kappa shape index (κ1) is 22.1. The minimum Gasteiger partial charge on any atom is -0.435 e. The number of ketones is 1. The number of halogens is 2. The predicted molar refractivity (Wildman–Crippen MR) is 130 cm³/mol. The van der Waals surface area contributed by atoms with E-state index in [0.29, 0.717) is 45.4 Å². The molecule has 0 amide bonds. The van der Waals surface area contributed by atoms with E-state index in [0.717, 1.165) is 17.0 Å². The molecule has 2 aromatic carbocycles. The molecule has 2 aliphatic rings. The highest BCUT2D eigenvalue weighted by Gasteiger charge is 2.44. The monoisotopic (exact) mass is 485 g/mol. The van der Waals surface area contributed by atoms with Crippen LogP contribution < -0.4 is 10.1 Å². The Morgan fingerprint density at radius 1 is 0.972 bits per heavy atom. The van der Waals surface area contributed by atoms with E-state index in [1.54, 1.807) is 28.9 Å². The van der Waals surface area contributed by atoms with Crippen LogP contribution in [0.5, 0.6) is 5.75 Å². The molecule has 9 heteroatoms. The predicted octanol–water partition coefficient (Wildman–Crippen LogP) is 5.35. The van der Waals surface area contributed by atoms with Crippen LogP contribution in [0.25, 0.3) is 11.6 Å². The van der Waals surface area contributed by atoms with E-state index in [1.165, 1.54) is 6.07 Å². The number of nitrogens with one attached hydrogen (secondary N) is 1. The first-order chi connectivity index (χ1) is 17.3. The van der Waals surface area contributed by atoms with Gasteiger partial charge in [-0.2, -0.15) is 18.6 Å². The van der Waals surface area contributed by atoms with Gasteiger partial charge < -0.3 is 10.1 Å². The zero-order valence-corrected chi connectivity index (χ0v) is 19.7. The molecule has 1 aliphatic heterocycles. The fourth-order valence-corrected chi connectivity index (χ4v) is 5.16. The number of alkyl halides is 2. The number of allylic oxidation sites excluding steroid dienone is 1. The maximum absolute atomic E-state index is 13.7. The Morgan fingerprint density at radius 3 is 2.36 bits per heavy atom. The number of rotatable bonds is 4. The fraction of sp³-hybridized carbons (Fsp3) is 0.185. The summed E-state index contributed by atoms with van der Waals surface area (Å²) in [5.41, 5.74) is 5.70. The number of Topliss-reactive ketones (excluding diaryl/α,β-unsaturated/α-hetero) is 1. The largest absolute Gasteiger partial charge is 0.435 e. The minimum atomic E-state index is -3.01. The summed E-state index contributed by atoms with van der Waals surface area (Å²) in [4.78, 5) is 22.8. The van der Waals surface area contributed by atoms with Crippen LogP contribution in [-0.2, 0) is 0 Å². The highest BCUT2D eigenvalue weighted by Crippen LogP contribution is 2.52. The van der Waals surface area contributed by atoms with Crippen LogP contribution in [0, 0.1) is 20.8 Å². The van der Waals surface area contributed by atoms with Crippen molar-refractivity contribution in [3.05, 3.63) is 99.5 Å². The lowest BCUT2D eigenvalue weighted by molar-refractivity contribution is -0.0504. The van der Waals surface area contributed by atoms with Gasteiger partial charge in [-0.15, -0.1) is 0 Å². The van der Waals surface area contributed by atoms with Crippen molar-refractivity contribution in [3.63, 3.8) is 0 Å². The van der Waals surface area contributed by atoms with Crippen LogP contribution in [0.2, 0.25) is 0 Å². The Kier molecular flexibility index (Phi) is 4.96. The van der Waals surface area contributed by atoms with Gasteiger partial charge in [0.05, 0.1) is 11.4 Å². The molecule has 0 bridgehead atoms. The molecule has 1 aliphatic carbocycles. The topological polar surface area (TPSA) is 81.9 Å². The molecular weight excluding hydrogens is 464 g/mol. The number of benzene rings is 2. The molecule has 0 spiro atoms. The number of para-hydroxylation sites is 1. The van der Waals surface area contributed by atoms with Crippen LogP contribution in [0.1, 0.15) is 50.0 Å². The molecule has 4 aromatic rings. The second-order valence-electron chi connectivity index (χ2n) is 8.85. The van der Waals surface area contributed by atoms with Crippen molar-refractivity contribution in [3.8, 4) is 11.7 Å². The number of aryl methyl sites for hydroxylation is 3. The summed E-state index contributed by atoms with van der Waals surface area (Å²) in [5, 5.41) is 8.14. The van der Waals surface area contributed by atoms with E-state index < -0.39 is 12.5 Å². The standard InChI is InChI=1S/C27H21F2N5O2/c1-13-12-14(2)31-27(30-13)34-25-20(15(3)33-34)21(18-10-6-7-11-19(18)36-26(28)29)22-23(32-25)16-8-4-5-9-17(16)24(22)35/h4-12,21,26,32H,1-3H3. The molecule has 180 valence electrons. The third-order valence-electron chi connectivity index (χ3n) is 6.49. The normalized spacial score (nSPS) is 16.1. The van der Waals surface area contributed by atoms with Gasteiger partial charge >= 0.3 is 6.61 Å². The summed E-state index contributed by atoms with van der Waals surface area (Å²) in [6.07, 6.45) is 0. The number of anilines is 1. The molecule has 3 heterocycles. The SMILES string of the molecule is Cc1cc(C)nc(-n2nc(C)c3c2NC2=C(C(=O)c4ccccc42)C3c2ccccc2OC(F)F)n1. The van der Waals surface area contributed by atoms with Crippen molar-refractivity contribution in [1.29, 1.82) is 0 Å². The van der Waals surface area contributed by atoms with Crippen molar-refractivity contribution in [1.82, 2.24) is 19.7 Å². The number of hydrogen-bond acceptors (Lipinski definition) is 6. The summed E-state index contributed by atoms with van der Waals surface area (Å²) in [7, 11) is 0. The van der Waals surface area contributed by atoms with E-state index in [-0.39, 0.29) is 11.5 Å². The van der Waals surface area contributed by atoms with Crippen LogP contribution in [-0.4, -0.2) is 32.1 Å². The number of carbonyl (C=O) groups excluding carboxylic acids is 1. The third kappa shape index (κ3) is 3.30. The van der Waals surface area contributed by atoms with Gasteiger partial charge in [-0.3, -0.25) is 4.79 Å². The van der Waals surface area contributed by atoms with Gasteiger partial charge in [-0.05, 0) is 32.9 Å². The van der Waals surface area contributed by atoms with Crippen LogP contribution in [0.4, 0.5) is 14.6 Å². The van der Waals surface area contributed by atoms with E-state index in [1.807, 2.05) is 45.0 Å². The molecule has 0 fully saturated rings. The van der Waals surface area contributed by atoms with E-state index in [9.17, 15) is 13.6 Å². The lowest BCUT2D eigenvalue weighted by atomic mass is 9.80. The smallest absolute Gasteiger partial charge is 0.387 e. The second kappa shape index (κ2) is 8.08. The second-order valence-corrected chi connectivity index (χ2v) is 8.85. The van der Waals surface area contributed by atoms with Crippen molar-refractivity contribution in [2.75, 3.05) is 5.32 Å². The minimum absolute atomic E-state index is 0.00996. The number of aromatic nitrogens is 4. The third-order valence-corrected chi connectivity index (χ3v) is 6.49. The Bertz CT molecular complexity index is 1570. The number of nitrogens with zero attached hydrogens (tertiary/aromatic N) is 4. The van der Waals surface area contributed by atoms with Crippen LogP contribution in [0.15, 0.2) is 60.2 Å².